The van der Waals surface area contributed by atoms with Crippen LogP contribution in [-0.4, -0.2) is 0 Å². The van der Waals surface area contributed by atoms with Crippen LogP contribution in [0, 0.1) is 0 Å². The van der Waals surface area contributed by atoms with E-state index in [9.17, 15) is 0 Å². The normalized spacial score (nSPS) is 10.9. The van der Waals surface area contributed by atoms with Crippen molar-refractivity contribution in [1.29, 1.82) is 0 Å². The zero-order chi connectivity index (χ0) is 9.42. The summed E-state index contributed by atoms with van der Waals surface area (Å²) in [4.78, 5) is 1.02. The SMILES string of the molecule is CCc1cc(S)cc2scc(N)c12. The summed E-state index contributed by atoms with van der Waals surface area (Å²) in [7, 11) is 0. The van der Waals surface area contributed by atoms with Crippen molar-refractivity contribution in [1.82, 2.24) is 0 Å². The molecule has 0 unspecified atom stereocenters. The van der Waals surface area contributed by atoms with Gasteiger partial charge in [0.05, 0.1) is 5.69 Å². The van der Waals surface area contributed by atoms with Crippen LogP contribution in [0.15, 0.2) is 22.4 Å². The Labute approximate surface area is 87.0 Å². The molecule has 2 aromatic rings. The minimum atomic E-state index is 0.894. The van der Waals surface area contributed by atoms with Crippen molar-refractivity contribution in [2.45, 2.75) is 18.2 Å². The minimum absolute atomic E-state index is 0.894. The van der Waals surface area contributed by atoms with Crippen LogP contribution < -0.4 is 5.73 Å². The monoisotopic (exact) mass is 209 g/mol. The van der Waals surface area contributed by atoms with Crippen LogP contribution in [-0.2, 0) is 6.42 Å². The molecule has 0 bridgehead atoms. The lowest BCUT2D eigenvalue weighted by molar-refractivity contribution is 1.15. The van der Waals surface area contributed by atoms with Crippen LogP contribution in [0.2, 0.25) is 0 Å². The highest BCUT2D eigenvalue weighted by atomic mass is 32.1. The summed E-state index contributed by atoms with van der Waals surface area (Å²) in [5.74, 6) is 0. The first-order valence-corrected chi connectivity index (χ1v) is 5.53. The van der Waals surface area contributed by atoms with E-state index < -0.39 is 0 Å². The number of fused-ring (bicyclic) bond motifs is 1. The Morgan fingerprint density at radius 3 is 2.92 bits per heavy atom. The number of nitrogens with two attached hydrogens (primary N) is 1. The first-order chi connectivity index (χ1) is 6.22. The van der Waals surface area contributed by atoms with Gasteiger partial charge < -0.3 is 5.73 Å². The van der Waals surface area contributed by atoms with Crippen molar-refractivity contribution in [3.63, 3.8) is 0 Å². The van der Waals surface area contributed by atoms with Gasteiger partial charge in [-0.1, -0.05) is 6.92 Å². The van der Waals surface area contributed by atoms with E-state index in [1.165, 1.54) is 15.6 Å². The molecular formula is C10H11NS2. The molecule has 2 N–H and O–H groups in total. The number of thiophene rings is 1. The molecule has 0 amide bonds. The van der Waals surface area contributed by atoms with Gasteiger partial charge in [-0.15, -0.1) is 24.0 Å². The lowest BCUT2D eigenvalue weighted by atomic mass is 10.1. The van der Waals surface area contributed by atoms with Gasteiger partial charge in [-0.2, -0.15) is 0 Å². The Hall–Kier alpha value is -0.670. The summed E-state index contributed by atoms with van der Waals surface area (Å²) in [5, 5.41) is 3.21. The van der Waals surface area contributed by atoms with E-state index >= 15 is 0 Å². The van der Waals surface area contributed by atoms with E-state index in [1.54, 1.807) is 11.3 Å². The molecule has 0 spiro atoms. The molecule has 0 fully saturated rings. The molecule has 13 heavy (non-hydrogen) atoms. The first-order valence-electron chi connectivity index (χ1n) is 4.21. The summed E-state index contributed by atoms with van der Waals surface area (Å²) >= 11 is 6.04. The number of rotatable bonds is 1. The van der Waals surface area contributed by atoms with Crippen molar-refractivity contribution >= 4 is 39.7 Å². The van der Waals surface area contributed by atoms with Crippen LogP contribution in [0.5, 0.6) is 0 Å². The molecule has 0 aliphatic carbocycles. The number of hydrogen-bond donors (Lipinski definition) is 2. The molecule has 68 valence electrons. The van der Waals surface area contributed by atoms with Gasteiger partial charge in [0.2, 0.25) is 0 Å². The molecule has 1 aromatic carbocycles. The molecule has 0 saturated heterocycles. The van der Waals surface area contributed by atoms with Crippen molar-refractivity contribution in [2.24, 2.45) is 0 Å². The fourth-order valence-electron chi connectivity index (χ4n) is 1.54. The fraction of sp³-hybridized carbons (Fsp3) is 0.200. The molecular weight excluding hydrogens is 198 g/mol. The molecule has 0 aliphatic heterocycles. The average molecular weight is 209 g/mol. The van der Waals surface area contributed by atoms with Gasteiger partial charge in [-0.3, -0.25) is 0 Å². The number of anilines is 1. The lowest BCUT2D eigenvalue weighted by Crippen LogP contribution is -1.87. The van der Waals surface area contributed by atoms with E-state index in [0.29, 0.717) is 0 Å². The van der Waals surface area contributed by atoms with E-state index in [1.807, 2.05) is 5.38 Å². The predicted octanol–water partition coefficient (Wildman–Crippen LogP) is 3.33. The van der Waals surface area contributed by atoms with Crippen molar-refractivity contribution in [2.75, 3.05) is 5.73 Å². The van der Waals surface area contributed by atoms with E-state index in [0.717, 1.165) is 17.0 Å². The van der Waals surface area contributed by atoms with Crippen LogP contribution >= 0.6 is 24.0 Å². The second kappa shape index (κ2) is 3.24. The highest BCUT2D eigenvalue weighted by molar-refractivity contribution is 7.80. The molecule has 0 radical (unpaired) electrons. The zero-order valence-corrected chi connectivity index (χ0v) is 9.08. The van der Waals surface area contributed by atoms with E-state index in [-0.39, 0.29) is 0 Å². The quantitative estimate of drug-likeness (QED) is 0.692. The molecule has 0 atom stereocenters. The number of aryl methyl sites for hydroxylation is 1. The maximum atomic E-state index is 5.89. The van der Waals surface area contributed by atoms with Gasteiger partial charge in [-0.05, 0) is 24.1 Å². The molecule has 2 rings (SSSR count). The van der Waals surface area contributed by atoms with Gasteiger partial charge in [0.1, 0.15) is 0 Å². The molecule has 0 saturated carbocycles. The van der Waals surface area contributed by atoms with Gasteiger partial charge in [-0.25, -0.2) is 0 Å². The number of nitrogen functional groups attached to an aromatic ring is 1. The number of thiol groups is 1. The smallest absolute Gasteiger partial charge is 0.0505 e. The summed E-state index contributed by atoms with van der Waals surface area (Å²) < 4.78 is 1.24. The van der Waals surface area contributed by atoms with Crippen LogP contribution in [0.4, 0.5) is 5.69 Å². The second-order valence-corrected chi connectivity index (χ2v) is 4.45. The third kappa shape index (κ3) is 1.42. The Kier molecular flexibility index (Phi) is 2.22. The van der Waals surface area contributed by atoms with Crippen LogP contribution in [0.3, 0.4) is 0 Å². The van der Waals surface area contributed by atoms with Gasteiger partial charge in [0, 0.05) is 20.4 Å². The summed E-state index contributed by atoms with van der Waals surface area (Å²) in [6.45, 7) is 2.14. The lowest BCUT2D eigenvalue weighted by Gasteiger charge is -2.02. The van der Waals surface area contributed by atoms with Crippen molar-refractivity contribution in [3.05, 3.63) is 23.1 Å². The average Bonchev–Trinajstić information content (AvgIpc) is 2.46. The summed E-state index contributed by atoms with van der Waals surface area (Å²) in [5.41, 5.74) is 8.07. The fourth-order valence-corrected chi connectivity index (χ4v) is 2.85. The second-order valence-electron chi connectivity index (χ2n) is 3.02. The largest absolute Gasteiger partial charge is 0.398 e. The highest BCUT2D eigenvalue weighted by Gasteiger charge is 2.06. The van der Waals surface area contributed by atoms with Crippen molar-refractivity contribution in [3.8, 4) is 0 Å². The number of benzene rings is 1. The van der Waals surface area contributed by atoms with Gasteiger partial charge in [0.15, 0.2) is 0 Å². The third-order valence-electron chi connectivity index (χ3n) is 2.15. The van der Waals surface area contributed by atoms with E-state index in [2.05, 4.69) is 31.7 Å². The third-order valence-corrected chi connectivity index (χ3v) is 3.36. The summed E-state index contributed by atoms with van der Waals surface area (Å²) in [6, 6.07) is 4.16. The first kappa shape index (κ1) is 8.91. The predicted molar refractivity (Wildman–Crippen MR) is 62.9 cm³/mol. The summed E-state index contributed by atoms with van der Waals surface area (Å²) in [6.07, 6.45) is 1.01. The maximum absolute atomic E-state index is 5.89. The molecule has 1 aromatic heterocycles. The standard InChI is InChI=1S/C10H11NS2/c1-2-6-3-7(12)4-9-10(6)8(11)5-13-9/h3-5,12H,2,11H2,1H3. The van der Waals surface area contributed by atoms with Gasteiger partial charge >= 0.3 is 0 Å². The molecule has 0 aliphatic rings. The van der Waals surface area contributed by atoms with Gasteiger partial charge in [0.25, 0.3) is 0 Å². The maximum Gasteiger partial charge on any atom is 0.0505 e. The minimum Gasteiger partial charge on any atom is -0.398 e. The Morgan fingerprint density at radius 1 is 1.46 bits per heavy atom. The zero-order valence-electron chi connectivity index (χ0n) is 7.37. The van der Waals surface area contributed by atoms with Crippen LogP contribution in [0.1, 0.15) is 12.5 Å². The molecule has 3 heteroatoms. The topological polar surface area (TPSA) is 26.0 Å². The molecule has 1 heterocycles. The Balaban J connectivity index is 2.85. The van der Waals surface area contributed by atoms with Crippen molar-refractivity contribution < 1.29 is 0 Å². The Bertz CT molecular complexity index is 445. The van der Waals surface area contributed by atoms with E-state index in [4.69, 9.17) is 5.73 Å². The van der Waals surface area contributed by atoms with Crippen LogP contribution in [0.25, 0.3) is 10.1 Å². The molecule has 1 nitrogen and oxygen atoms in total. The Morgan fingerprint density at radius 2 is 2.23 bits per heavy atom. The number of hydrogen-bond acceptors (Lipinski definition) is 3. The highest BCUT2D eigenvalue weighted by Crippen LogP contribution is 2.33.